The van der Waals surface area contributed by atoms with Gasteiger partial charge in [-0.25, -0.2) is 0 Å². The lowest BCUT2D eigenvalue weighted by Gasteiger charge is -2.27. The van der Waals surface area contributed by atoms with Gasteiger partial charge in [-0.3, -0.25) is 0 Å². The van der Waals surface area contributed by atoms with Gasteiger partial charge in [-0.15, -0.1) is 0 Å². The number of hydrogen-bond acceptors (Lipinski definition) is 5. The van der Waals surface area contributed by atoms with E-state index in [0.29, 0.717) is 0 Å². The SMILES string of the molecule is c1ccc(-c2ccc(N(c3ccc4c(c3)oc3cc(N(c5ccc(-c6ccccc6)cc5)c5cccc6c5oc5c(-c7ccccc7)cccc56)c5ccccc5c34)c3cccc4c3oc3c(-c5ccccc5)cccc34)cc2)cc1. The maximum Gasteiger partial charge on any atom is 0.159 e. The summed E-state index contributed by atoms with van der Waals surface area (Å²) in [5.41, 5.74) is 19.5. The summed E-state index contributed by atoms with van der Waals surface area (Å²) >= 11 is 0. The summed E-state index contributed by atoms with van der Waals surface area (Å²) < 4.78 is 21.5. The normalized spacial score (nSPS) is 11.7. The first-order valence-corrected chi connectivity index (χ1v) is 27.5. The molecule has 0 aliphatic carbocycles. The molecule has 0 bridgehead atoms. The molecule has 3 aromatic heterocycles. The van der Waals surface area contributed by atoms with Gasteiger partial charge >= 0.3 is 0 Å². The molecule has 0 aliphatic heterocycles. The molecule has 0 saturated heterocycles. The highest BCUT2D eigenvalue weighted by atomic mass is 16.3. The largest absolute Gasteiger partial charge is 0.456 e. The van der Waals surface area contributed by atoms with Crippen molar-refractivity contribution >= 4 is 111 Å². The lowest BCUT2D eigenvalue weighted by molar-refractivity contribution is 0.667. The summed E-state index contributed by atoms with van der Waals surface area (Å²) in [6.07, 6.45) is 0. The van der Waals surface area contributed by atoms with Crippen LogP contribution >= 0.6 is 0 Å². The van der Waals surface area contributed by atoms with Crippen LogP contribution in [-0.2, 0) is 0 Å². The van der Waals surface area contributed by atoms with Crippen LogP contribution < -0.4 is 9.80 Å². The number of benzene rings is 13. The molecule has 5 heteroatoms. The number of fused-ring (bicyclic) bond motifs is 11. The fourth-order valence-electron chi connectivity index (χ4n) is 12.3. The van der Waals surface area contributed by atoms with Gasteiger partial charge in [0.25, 0.3) is 0 Å². The van der Waals surface area contributed by atoms with Gasteiger partial charge < -0.3 is 23.1 Å². The summed E-state index contributed by atoms with van der Waals surface area (Å²) in [5, 5.41) is 8.46. The lowest BCUT2D eigenvalue weighted by Crippen LogP contribution is -2.11. The van der Waals surface area contributed by atoms with E-state index in [-0.39, 0.29) is 0 Å². The van der Waals surface area contributed by atoms with Crippen molar-refractivity contribution in [2.24, 2.45) is 0 Å². The Balaban J connectivity index is 0.898. The molecule has 81 heavy (non-hydrogen) atoms. The molecule has 0 unspecified atom stereocenters. The van der Waals surface area contributed by atoms with Crippen molar-refractivity contribution in [2.45, 2.75) is 0 Å². The van der Waals surface area contributed by atoms with Crippen LogP contribution in [0.3, 0.4) is 0 Å². The summed E-state index contributed by atoms with van der Waals surface area (Å²) in [7, 11) is 0. The fraction of sp³-hybridized carbons (Fsp3) is 0. The van der Waals surface area contributed by atoms with Gasteiger partial charge in [0.05, 0.1) is 22.7 Å². The average Bonchev–Trinajstić information content (AvgIpc) is 4.47. The van der Waals surface area contributed by atoms with Gasteiger partial charge in [-0.1, -0.05) is 231 Å². The molecular weight excluding hydrogens is 989 g/mol. The average molecular weight is 1040 g/mol. The molecule has 0 aliphatic rings. The van der Waals surface area contributed by atoms with E-state index in [4.69, 9.17) is 13.3 Å². The quantitative estimate of drug-likeness (QED) is 0.137. The van der Waals surface area contributed by atoms with Crippen LogP contribution in [0.2, 0.25) is 0 Å². The molecule has 5 nitrogen and oxygen atoms in total. The summed E-state index contributed by atoms with van der Waals surface area (Å²) in [6.45, 7) is 0. The fourth-order valence-corrected chi connectivity index (χ4v) is 12.3. The van der Waals surface area contributed by atoms with Crippen LogP contribution in [0.25, 0.3) is 121 Å². The highest BCUT2D eigenvalue weighted by Gasteiger charge is 2.26. The maximum absolute atomic E-state index is 7.24. The third kappa shape index (κ3) is 7.70. The Bertz CT molecular complexity index is 5030. The van der Waals surface area contributed by atoms with E-state index in [1.54, 1.807) is 0 Å². The molecule has 0 atom stereocenters. The molecule has 0 amide bonds. The summed E-state index contributed by atoms with van der Waals surface area (Å²) in [4.78, 5) is 4.65. The van der Waals surface area contributed by atoms with E-state index in [9.17, 15) is 0 Å². The number of anilines is 6. The second kappa shape index (κ2) is 18.9. The van der Waals surface area contributed by atoms with Gasteiger partial charge in [0, 0.05) is 72.3 Å². The Morgan fingerprint density at radius 1 is 0.210 bits per heavy atom. The van der Waals surface area contributed by atoms with Gasteiger partial charge in [-0.2, -0.15) is 0 Å². The predicted molar refractivity (Wildman–Crippen MR) is 337 cm³/mol. The Labute approximate surface area is 467 Å². The van der Waals surface area contributed by atoms with E-state index in [2.05, 4.69) is 295 Å². The zero-order valence-electron chi connectivity index (χ0n) is 43.8. The second-order valence-electron chi connectivity index (χ2n) is 20.7. The van der Waals surface area contributed by atoms with Gasteiger partial charge in [0.1, 0.15) is 22.3 Å². The van der Waals surface area contributed by atoms with E-state index in [1.165, 1.54) is 0 Å². The van der Waals surface area contributed by atoms with Gasteiger partial charge in [-0.05, 0) is 87.3 Å². The molecule has 0 spiro atoms. The Kier molecular flexibility index (Phi) is 10.8. The van der Waals surface area contributed by atoms with Crippen molar-refractivity contribution < 1.29 is 13.3 Å². The van der Waals surface area contributed by atoms with Crippen molar-refractivity contribution in [2.75, 3.05) is 9.80 Å². The first-order valence-electron chi connectivity index (χ1n) is 27.5. The zero-order valence-corrected chi connectivity index (χ0v) is 43.8. The first-order chi connectivity index (χ1) is 40.2. The highest BCUT2D eigenvalue weighted by Crippen LogP contribution is 2.50. The third-order valence-electron chi connectivity index (χ3n) is 16.1. The number of para-hydroxylation sites is 4. The summed E-state index contributed by atoms with van der Waals surface area (Å²) in [6, 6.07) is 103. The molecule has 0 radical (unpaired) electrons. The van der Waals surface area contributed by atoms with E-state index in [1.807, 2.05) is 6.07 Å². The molecule has 380 valence electrons. The van der Waals surface area contributed by atoms with E-state index in [0.717, 1.165) is 155 Å². The van der Waals surface area contributed by atoms with Crippen molar-refractivity contribution in [1.29, 1.82) is 0 Å². The Morgan fingerprint density at radius 3 is 1.12 bits per heavy atom. The third-order valence-corrected chi connectivity index (χ3v) is 16.1. The minimum Gasteiger partial charge on any atom is -0.456 e. The van der Waals surface area contributed by atoms with Gasteiger partial charge in [0.15, 0.2) is 11.2 Å². The molecule has 16 rings (SSSR count). The van der Waals surface area contributed by atoms with Crippen LogP contribution in [0.15, 0.2) is 304 Å². The zero-order chi connectivity index (χ0) is 53.4. The first kappa shape index (κ1) is 46.2. The van der Waals surface area contributed by atoms with E-state index >= 15 is 0 Å². The van der Waals surface area contributed by atoms with Crippen LogP contribution in [0, 0.1) is 0 Å². The molecule has 16 aromatic rings. The number of rotatable bonds is 10. The standard InChI is InChI=1S/C76H48N2O3/c1-5-19-49(20-6-1)51-37-41-55(42-38-51)77(67-35-17-33-64-62-31-15-29-58(73(62)80-75(64)67)53-23-9-3-10-24-53)57-45-46-66-70(47-57)79-71-48-69(60-27-13-14-28-61(60)72(66)71)78(56-43-39-52(40-44-56)50-21-7-2-8-22-50)68-36-18-34-65-63-32-16-30-59(74(63)81-76(65)68)54-25-11-4-12-26-54/h1-48H. The molecule has 3 heterocycles. The minimum atomic E-state index is 0.769. The summed E-state index contributed by atoms with van der Waals surface area (Å²) in [5.74, 6) is 0. The number of hydrogen-bond donors (Lipinski definition) is 0. The lowest BCUT2D eigenvalue weighted by atomic mass is 9.99. The van der Waals surface area contributed by atoms with Gasteiger partial charge in [0.2, 0.25) is 0 Å². The Hall–Kier alpha value is -10.9. The van der Waals surface area contributed by atoms with Crippen molar-refractivity contribution in [3.63, 3.8) is 0 Å². The highest BCUT2D eigenvalue weighted by molar-refractivity contribution is 6.24. The van der Waals surface area contributed by atoms with Crippen LogP contribution in [0.5, 0.6) is 0 Å². The Morgan fingerprint density at radius 2 is 0.605 bits per heavy atom. The molecule has 0 fully saturated rings. The van der Waals surface area contributed by atoms with Crippen molar-refractivity contribution in [3.8, 4) is 44.5 Å². The van der Waals surface area contributed by atoms with E-state index < -0.39 is 0 Å². The topological polar surface area (TPSA) is 45.9 Å². The van der Waals surface area contributed by atoms with Crippen LogP contribution in [-0.4, -0.2) is 0 Å². The van der Waals surface area contributed by atoms with Crippen LogP contribution in [0.4, 0.5) is 34.1 Å². The maximum atomic E-state index is 7.24. The number of furan rings is 3. The molecule has 0 saturated carbocycles. The molecule has 13 aromatic carbocycles. The predicted octanol–water partition coefficient (Wildman–Crippen LogP) is 22.1. The smallest absolute Gasteiger partial charge is 0.159 e. The molecule has 0 N–H and O–H groups in total. The van der Waals surface area contributed by atoms with Crippen LogP contribution in [0.1, 0.15) is 0 Å². The molecular formula is C76H48N2O3. The second-order valence-corrected chi connectivity index (χ2v) is 20.7. The monoisotopic (exact) mass is 1040 g/mol. The minimum absolute atomic E-state index is 0.769. The van der Waals surface area contributed by atoms with Crippen molar-refractivity contribution in [3.05, 3.63) is 291 Å². The van der Waals surface area contributed by atoms with Crippen molar-refractivity contribution in [1.82, 2.24) is 0 Å². The number of nitrogens with zero attached hydrogens (tertiary/aromatic N) is 2.